The van der Waals surface area contributed by atoms with E-state index in [0.717, 1.165) is 32.2 Å². The van der Waals surface area contributed by atoms with Crippen LogP contribution in [-0.4, -0.2) is 49.7 Å². The van der Waals surface area contributed by atoms with Crippen LogP contribution in [0.3, 0.4) is 0 Å². The number of ether oxygens (including phenoxy) is 1. The Morgan fingerprint density at radius 2 is 1.95 bits per heavy atom. The van der Waals surface area contributed by atoms with E-state index in [2.05, 4.69) is 17.3 Å². The SMILES string of the molecule is CCOC(=O)C1CCC(NC2CCCN(C)C2)CC1. The van der Waals surface area contributed by atoms with Gasteiger partial charge in [0, 0.05) is 18.6 Å². The van der Waals surface area contributed by atoms with Crippen LogP contribution >= 0.6 is 0 Å². The maximum absolute atomic E-state index is 11.7. The Hall–Kier alpha value is -0.610. The normalized spacial score (nSPS) is 33.1. The lowest BCUT2D eigenvalue weighted by Crippen LogP contribution is -2.49. The fourth-order valence-electron chi connectivity index (χ4n) is 3.39. The first kappa shape index (κ1) is 14.8. The summed E-state index contributed by atoms with van der Waals surface area (Å²) in [7, 11) is 2.20. The first-order chi connectivity index (χ1) is 9.19. The molecule has 2 rings (SSSR count). The molecule has 110 valence electrons. The number of piperidine rings is 1. The second kappa shape index (κ2) is 7.25. The highest BCUT2D eigenvalue weighted by Crippen LogP contribution is 2.26. The van der Waals surface area contributed by atoms with Gasteiger partial charge in [-0.25, -0.2) is 0 Å². The van der Waals surface area contributed by atoms with Crippen molar-refractivity contribution in [2.75, 3.05) is 26.7 Å². The Morgan fingerprint density at radius 3 is 2.58 bits per heavy atom. The van der Waals surface area contributed by atoms with Gasteiger partial charge in [-0.1, -0.05) is 0 Å². The first-order valence-electron chi connectivity index (χ1n) is 7.80. The van der Waals surface area contributed by atoms with Crippen LogP contribution in [0.5, 0.6) is 0 Å². The number of likely N-dealkylation sites (N-methyl/N-ethyl adjacent to an activating group) is 1. The Bertz CT molecular complexity index is 288. The number of hydrogen-bond acceptors (Lipinski definition) is 4. The summed E-state index contributed by atoms with van der Waals surface area (Å²) < 4.78 is 5.11. The van der Waals surface area contributed by atoms with Crippen LogP contribution in [0.2, 0.25) is 0 Å². The number of carbonyl (C=O) groups is 1. The van der Waals surface area contributed by atoms with Crippen molar-refractivity contribution in [2.45, 2.75) is 57.5 Å². The fraction of sp³-hybridized carbons (Fsp3) is 0.933. The molecule has 0 radical (unpaired) electrons. The van der Waals surface area contributed by atoms with Crippen molar-refractivity contribution in [3.63, 3.8) is 0 Å². The number of likely N-dealkylation sites (tertiary alicyclic amines) is 1. The highest BCUT2D eigenvalue weighted by atomic mass is 16.5. The molecule has 0 bridgehead atoms. The number of hydrogen-bond donors (Lipinski definition) is 1. The topological polar surface area (TPSA) is 41.6 Å². The van der Waals surface area contributed by atoms with E-state index >= 15 is 0 Å². The Morgan fingerprint density at radius 1 is 1.21 bits per heavy atom. The molecule has 1 atom stereocenters. The highest BCUT2D eigenvalue weighted by Gasteiger charge is 2.28. The van der Waals surface area contributed by atoms with E-state index in [9.17, 15) is 4.79 Å². The van der Waals surface area contributed by atoms with Crippen molar-refractivity contribution in [1.82, 2.24) is 10.2 Å². The molecule has 0 aromatic heterocycles. The Kier molecular flexibility index (Phi) is 5.64. The van der Waals surface area contributed by atoms with Crippen LogP contribution in [-0.2, 0) is 9.53 Å². The van der Waals surface area contributed by atoms with Crippen molar-refractivity contribution in [3.05, 3.63) is 0 Å². The third-order valence-corrected chi connectivity index (χ3v) is 4.44. The van der Waals surface area contributed by atoms with Crippen LogP contribution < -0.4 is 5.32 Å². The van der Waals surface area contributed by atoms with Crippen LogP contribution in [0.1, 0.15) is 45.4 Å². The molecule has 0 amide bonds. The van der Waals surface area contributed by atoms with Crippen molar-refractivity contribution >= 4 is 5.97 Å². The molecule has 1 aliphatic carbocycles. The lowest BCUT2D eigenvalue weighted by atomic mass is 9.85. The van der Waals surface area contributed by atoms with E-state index < -0.39 is 0 Å². The van der Waals surface area contributed by atoms with E-state index in [1.165, 1.54) is 19.4 Å². The summed E-state index contributed by atoms with van der Waals surface area (Å²) in [6, 6.07) is 1.24. The summed E-state index contributed by atoms with van der Waals surface area (Å²) in [6.45, 7) is 4.78. The van der Waals surface area contributed by atoms with Crippen molar-refractivity contribution in [2.24, 2.45) is 5.92 Å². The second-order valence-electron chi connectivity index (χ2n) is 6.07. The summed E-state index contributed by atoms with van der Waals surface area (Å²) >= 11 is 0. The van der Waals surface area contributed by atoms with Crippen LogP contribution in [0.25, 0.3) is 0 Å². The predicted molar refractivity (Wildman–Crippen MR) is 76.0 cm³/mol. The van der Waals surface area contributed by atoms with Crippen molar-refractivity contribution in [3.8, 4) is 0 Å². The maximum atomic E-state index is 11.7. The zero-order valence-corrected chi connectivity index (χ0v) is 12.4. The molecule has 0 aromatic carbocycles. The van der Waals surface area contributed by atoms with Gasteiger partial charge < -0.3 is 15.0 Å². The number of nitrogens with one attached hydrogen (secondary N) is 1. The van der Waals surface area contributed by atoms with Gasteiger partial charge in [0.25, 0.3) is 0 Å². The summed E-state index contributed by atoms with van der Waals surface area (Å²) in [5, 5.41) is 3.79. The standard InChI is InChI=1S/C15H28N2O2/c1-3-19-15(18)12-6-8-13(9-7-12)16-14-5-4-10-17(2)11-14/h12-14,16H,3-11H2,1-2H3. The van der Waals surface area contributed by atoms with Gasteiger partial charge >= 0.3 is 5.97 Å². The van der Waals surface area contributed by atoms with E-state index in [4.69, 9.17) is 4.74 Å². The third-order valence-electron chi connectivity index (χ3n) is 4.44. The summed E-state index contributed by atoms with van der Waals surface area (Å²) in [6.07, 6.45) is 6.79. The molecular formula is C15H28N2O2. The molecule has 0 spiro atoms. The number of esters is 1. The average molecular weight is 268 g/mol. The van der Waals surface area contributed by atoms with Crippen LogP contribution in [0, 0.1) is 5.92 Å². The third kappa shape index (κ3) is 4.46. The van der Waals surface area contributed by atoms with Crippen LogP contribution in [0.15, 0.2) is 0 Å². The summed E-state index contributed by atoms with van der Waals surface area (Å²) in [4.78, 5) is 14.1. The molecule has 19 heavy (non-hydrogen) atoms. The number of rotatable bonds is 4. The van der Waals surface area contributed by atoms with E-state index in [1.54, 1.807) is 0 Å². The summed E-state index contributed by atoms with van der Waals surface area (Å²) in [5.41, 5.74) is 0. The maximum Gasteiger partial charge on any atom is 0.308 e. The molecule has 4 heteroatoms. The molecule has 1 unspecified atom stereocenters. The number of carbonyl (C=O) groups excluding carboxylic acids is 1. The molecule has 4 nitrogen and oxygen atoms in total. The average Bonchev–Trinajstić information content (AvgIpc) is 2.40. The molecule has 0 aromatic rings. The monoisotopic (exact) mass is 268 g/mol. The predicted octanol–water partition coefficient (Wildman–Crippen LogP) is 1.79. The second-order valence-corrected chi connectivity index (χ2v) is 6.07. The number of nitrogens with zero attached hydrogens (tertiary/aromatic N) is 1. The minimum Gasteiger partial charge on any atom is -0.466 e. The van der Waals surface area contributed by atoms with Gasteiger partial charge in [0.1, 0.15) is 0 Å². The van der Waals surface area contributed by atoms with Gasteiger partial charge in [0.15, 0.2) is 0 Å². The van der Waals surface area contributed by atoms with Crippen LogP contribution in [0.4, 0.5) is 0 Å². The molecule has 1 aliphatic heterocycles. The van der Waals surface area contributed by atoms with E-state index in [-0.39, 0.29) is 11.9 Å². The van der Waals surface area contributed by atoms with E-state index in [1.807, 2.05) is 6.92 Å². The minimum atomic E-state index is 0.0124. The quantitative estimate of drug-likeness (QED) is 0.789. The highest BCUT2D eigenvalue weighted by molar-refractivity contribution is 5.72. The molecule has 2 fully saturated rings. The van der Waals surface area contributed by atoms with Crippen molar-refractivity contribution in [1.29, 1.82) is 0 Å². The van der Waals surface area contributed by atoms with Gasteiger partial charge in [-0.2, -0.15) is 0 Å². The molecule has 1 heterocycles. The molecule has 2 aliphatic rings. The van der Waals surface area contributed by atoms with E-state index in [0.29, 0.717) is 18.7 Å². The summed E-state index contributed by atoms with van der Waals surface area (Å²) in [5.74, 6) is 0.158. The zero-order chi connectivity index (χ0) is 13.7. The van der Waals surface area contributed by atoms with Gasteiger partial charge in [0.05, 0.1) is 12.5 Å². The fourth-order valence-corrected chi connectivity index (χ4v) is 3.39. The Labute approximate surface area is 116 Å². The Balaban J connectivity index is 1.69. The van der Waals surface area contributed by atoms with Gasteiger partial charge in [-0.3, -0.25) is 4.79 Å². The molecule has 1 saturated carbocycles. The molecule has 1 N–H and O–H groups in total. The smallest absolute Gasteiger partial charge is 0.308 e. The molecule has 1 saturated heterocycles. The first-order valence-corrected chi connectivity index (χ1v) is 7.80. The lowest BCUT2D eigenvalue weighted by molar-refractivity contribution is -0.149. The largest absolute Gasteiger partial charge is 0.466 e. The lowest BCUT2D eigenvalue weighted by Gasteiger charge is -2.35. The van der Waals surface area contributed by atoms with Gasteiger partial charge in [-0.05, 0) is 59.0 Å². The minimum absolute atomic E-state index is 0.0124. The zero-order valence-electron chi connectivity index (χ0n) is 12.4. The van der Waals surface area contributed by atoms with Gasteiger partial charge in [0.2, 0.25) is 0 Å². The van der Waals surface area contributed by atoms with Gasteiger partial charge in [-0.15, -0.1) is 0 Å². The van der Waals surface area contributed by atoms with Crippen molar-refractivity contribution < 1.29 is 9.53 Å². The molecular weight excluding hydrogens is 240 g/mol.